The molecule has 6 nitrogen and oxygen atoms in total. The van der Waals surface area contributed by atoms with Gasteiger partial charge in [-0.15, -0.1) is 0 Å². The lowest BCUT2D eigenvalue weighted by molar-refractivity contribution is -0.117. The lowest BCUT2D eigenvalue weighted by atomic mass is 10.0. The molecule has 0 saturated carbocycles. The molecule has 0 bridgehead atoms. The summed E-state index contributed by atoms with van der Waals surface area (Å²) in [5.41, 5.74) is 0.348. The smallest absolute Gasteiger partial charge is 0.250 e. The molecule has 1 rings (SSSR count). The number of rotatable bonds is 18. The number of amides is 1. The summed E-state index contributed by atoms with van der Waals surface area (Å²) in [7, 11) is -2.21. The van der Waals surface area contributed by atoms with Crippen molar-refractivity contribution in [1.82, 2.24) is 0 Å². The molecule has 34 heavy (non-hydrogen) atoms. The lowest BCUT2D eigenvalue weighted by Gasteiger charge is -2.13. The first kappa shape index (κ1) is 30.6. The summed E-state index contributed by atoms with van der Waals surface area (Å²) >= 11 is 6.19. The predicted octanol–water partition coefficient (Wildman–Crippen LogP) is 7.28. The van der Waals surface area contributed by atoms with Gasteiger partial charge in [0.05, 0.1) is 19.1 Å². The van der Waals surface area contributed by atoms with Gasteiger partial charge in [0, 0.05) is 6.42 Å². The fourth-order valence-electron chi connectivity index (χ4n) is 3.90. The van der Waals surface area contributed by atoms with Crippen molar-refractivity contribution in [3.63, 3.8) is 0 Å². The average Bonchev–Trinajstić information content (AvgIpc) is 2.77. The van der Waals surface area contributed by atoms with Crippen LogP contribution in [-0.2, 0) is 19.6 Å². The number of aliphatic imine (C=N–C) groups is 1. The van der Waals surface area contributed by atoms with Gasteiger partial charge >= 0.3 is 0 Å². The van der Waals surface area contributed by atoms with Crippen LogP contribution in [0.3, 0.4) is 0 Å². The first-order valence-corrected chi connectivity index (χ1v) is 15.0. The van der Waals surface area contributed by atoms with E-state index in [0.717, 1.165) is 25.5 Å². The molecule has 0 aromatic carbocycles. The standard InChI is InChI=1S/C26H43ClN2O4S/c1-4-5-6-7-8-9-10-11-12-13-14-15-16-17-18-19-24(30)28-23-21-20-22(29-34(3,31)32)25(27)26(23)33-2/h20-21H,4-19H2,1-3H3/b28-23?,29-22-. The summed E-state index contributed by atoms with van der Waals surface area (Å²) in [6.45, 7) is 2.26. The van der Waals surface area contributed by atoms with Crippen LogP contribution in [0.4, 0.5) is 0 Å². The van der Waals surface area contributed by atoms with Crippen LogP contribution in [-0.4, -0.2) is 39.1 Å². The van der Waals surface area contributed by atoms with Crippen LogP contribution in [0.25, 0.3) is 0 Å². The van der Waals surface area contributed by atoms with E-state index >= 15 is 0 Å². The third-order valence-electron chi connectivity index (χ3n) is 5.76. The molecule has 194 valence electrons. The second-order valence-electron chi connectivity index (χ2n) is 8.98. The maximum absolute atomic E-state index is 12.3. The molecule has 1 aliphatic carbocycles. The van der Waals surface area contributed by atoms with Gasteiger partial charge in [0.1, 0.15) is 10.7 Å². The minimum absolute atomic E-state index is 0.0222. The highest BCUT2D eigenvalue weighted by Crippen LogP contribution is 2.22. The van der Waals surface area contributed by atoms with Crippen LogP contribution in [0.15, 0.2) is 32.3 Å². The van der Waals surface area contributed by atoms with Gasteiger partial charge in [-0.25, -0.2) is 13.4 Å². The van der Waals surface area contributed by atoms with E-state index in [1.165, 1.54) is 96.3 Å². The molecule has 0 saturated heterocycles. The SMILES string of the molecule is CCCCCCCCCCCCCCCCCC(=O)N=C1C=C/C(=N/S(C)(=O)=O)C(Cl)=C1OC. The minimum atomic E-state index is -3.61. The van der Waals surface area contributed by atoms with E-state index in [4.69, 9.17) is 16.3 Å². The van der Waals surface area contributed by atoms with Crippen molar-refractivity contribution < 1.29 is 17.9 Å². The zero-order valence-corrected chi connectivity index (χ0v) is 22.9. The van der Waals surface area contributed by atoms with Gasteiger partial charge in [0.2, 0.25) is 5.91 Å². The molecule has 0 aromatic heterocycles. The summed E-state index contributed by atoms with van der Waals surface area (Å²) in [5.74, 6) is -0.0896. The number of ether oxygens (including phenoxy) is 1. The molecule has 0 heterocycles. The lowest BCUT2D eigenvalue weighted by Crippen LogP contribution is -2.16. The molecule has 0 N–H and O–H groups in total. The van der Waals surface area contributed by atoms with E-state index in [0.29, 0.717) is 6.42 Å². The van der Waals surface area contributed by atoms with E-state index in [1.54, 1.807) is 0 Å². The zero-order valence-electron chi connectivity index (χ0n) is 21.3. The van der Waals surface area contributed by atoms with Crippen LogP contribution in [0, 0.1) is 0 Å². The summed E-state index contributed by atoms with van der Waals surface area (Å²) in [5, 5.41) is 0.0222. The highest BCUT2D eigenvalue weighted by atomic mass is 35.5. The van der Waals surface area contributed by atoms with Gasteiger partial charge in [-0.05, 0) is 18.6 Å². The third kappa shape index (κ3) is 14.1. The Labute approximate surface area is 212 Å². The number of sulfonamides is 1. The number of nitrogens with zero attached hydrogens (tertiary/aromatic N) is 2. The van der Waals surface area contributed by atoms with E-state index in [9.17, 15) is 13.2 Å². The van der Waals surface area contributed by atoms with Crippen LogP contribution in [0.2, 0.25) is 0 Å². The molecule has 0 aromatic rings. The number of carbonyl (C=O) groups excluding carboxylic acids is 1. The topological polar surface area (TPSA) is 85.2 Å². The van der Waals surface area contributed by atoms with Gasteiger partial charge in [-0.1, -0.05) is 108 Å². The van der Waals surface area contributed by atoms with Crippen LogP contribution >= 0.6 is 11.6 Å². The van der Waals surface area contributed by atoms with Crippen molar-refractivity contribution in [3.05, 3.63) is 22.9 Å². The normalized spacial score (nSPS) is 16.6. The number of carbonyl (C=O) groups is 1. The largest absolute Gasteiger partial charge is 0.493 e. The summed E-state index contributed by atoms with van der Waals surface area (Å²) in [4.78, 5) is 16.3. The summed E-state index contributed by atoms with van der Waals surface area (Å²) < 4.78 is 31.6. The molecule has 0 fully saturated rings. The Bertz CT molecular complexity index is 845. The molecule has 0 aliphatic heterocycles. The second kappa shape index (κ2) is 17.9. The van der Waals surface area contributed by atoms with Gasteiger partial charge < -0.3 is 4.74 Å². The van der Waals surface area contributed by atoms with E-state index in [1.807, 2.05) is 0 Å². The maximum atomic E-state index is 12.3. The van der Waals surface area contributed by atoms with Crippen molar-refractivity contribution in [3.8, 4) is 0 Å². The van der Waals surface area contributed by atoms with E-state index in [2.05, 4.69) is 16.3 Å². The molecule has 0 atom stereocenters. The molecular weight excluding hydrogens is 472 g/mol. The van der Waals surface area contributed by atoms with Crippen LogP contribution in [0.5, 0.6) is 0 Å². The molecule has 1 aliphatic rings. The Morgan fingerprint density at radius 1 is 0.824 bits per heavy atom. The summed E-state index contributed by atoms with van der Waals surface area (Å²) in [6.07, 6.45) is 23.4. The van der Waals surface area contributed by atoms with Crippen LogP contribution in [0.1, 0.15) is 110 Å². The van der Waals surface area contributed by atoms with Crippen molar-refractivity contribution >= 4 is 39.0 Å². The monoisotopic (exact) mass is 514 g/mol. The Morgan fingerprint density at radius 2 is 1.26 bits per heavy atom. The number of hydrogen-bond acceptors (Lipinski definition) is 4. The molecule has 0 radical (unpaired) electrons. The fraction of sp³-hybridized carbons (Fsp3) is 0.731. The predicted molar refractivity (Wildman–Crippen MR) is 143 cm³/mol. The highest BCUT2D eigenvalue weighted by Gasteiger charge is 2.21. The molecular formula is C26H43ClN2O4S. The number of methoxy groups -OCH3 is 1. The first-order valence-electron chi connectivity index (χ1n) is 12.8. The number of allylic oxidation sites excluding steroid dienone is 3. The second-order valence-corrected chi connectivity index (χ2v) is 11.0. The van der Waals surface area contributed by atoms with Gasteiger partial charge in [-0.3, -0.25) is 4.79 Å². The molecule has 0 unspecified atom stereocenters. The first-order chi connectivity index (χ1) is 16.3. The van der Waals surface area contributed by atoms with Gasteiger partial charge in [-0.2, -0.15) is 4.40 Å². The number of unbranched alkanes of at least 4 members (excludes halogenated alkanes) is 14. The quantitative estimate of drug-likeness (QED) is 0.142. The number of hydrogen-bond donors (Lipinski definition) is 0. The van der Waals surface area contributed by atoms with Crippen molar-refractivity contribution in [2.75, 3.05) is 13.4 Å². The van der Waals surface area contributed by atoms with E-state index in [-0.39, 0.29) is 28.1 Å². The molecule has 0 spiro atoms. The summed E-state index contributed by atoms with van der Waals surface area (Å²) in [6, 6.07) is 0. The third-order valence-corrected chi connectivity index (χ3v) is 6.66. The van der Waals surface area contributed by atoms with E-state index < -0.39 is 10.0 Å². The fourth-order valence-corrected chi connectivity index (χ4v) is 4.74. The highest BCUT2D eigenvalue weighted by molar-refractivity contribution is 7.89. The van der Waals surface area contributed by atoms with Gasteiger partial charge in [0.25, 0.3) is 10.0 Å². The molecule has 1 amide bonds. The Hall–Kier alpha value is -1.47. The van der Waals surface area contributed by atoms with Crippen molar-refractivity contribution in [1.29, 1.82) is 0 Å². The average molecular weight is 515 g/mol. The maximum Gasteiger partial charge on any atom is 0.250 e. The van der Waals surface area contributed by atoms with Gasteiger partial charge in [0.15, 0.2) is 5.76 Å². The zero-order chi connectivity index (χ0) is 25.2. The Morgan fingerprint density at radius 3 is 1.71 bits per heavy atom. The van der Waals surface area contributed by atoms with Crippen molar-refractivity contribution in [2.45, 2.75) is 110 Å². The molecule has 8 heteroatoms. The minimum Gasteiger partial charge on any atom is -0.493 e. The Balaban J connectivity index is 2.19. The number of halogens is 1. The van der Waals surface area contributed by atoms with Crippen molar-refractivity contribution in [2.24, 2.45) is 9.39 Å². The van der Waals surface area contributed by atoms with Crippen LogP contribution < -0.4 is 0 Å². The Kier molecular flexibility index (Phi) is 16.1.